The van der Waals surface area contributed by atoms with Crippen molar-refractivity contribution in [3.8, 4) is 11.1 Å². The quantitative estimate of drug-likeness (QED) is 0.364. The Morgan fingerprint density at radius 3 is 2.48 bits per heavy atom. The molecule has 9 nitrogen and oxygen atoms in total. The second-order valence-electron chi connectivity index (χ2n) is 5.83. The third-order valence-electron chi connectivity index (χ3n) is 4.18. The molecule has 0 saturated carbocycles. The molecule has 0 radical (unpaired) electrons. The average molecular weight is 393 g/mol. The van der Waals surface area contributed by atoms with Gasteiger partial charge in [-0.25, -0.2) is 4.79 Å². The Labute approximate surface area is 155 Å². The second-order valence-corrected chi connectivity index (χ2v) is 7.84. The van der Waals surface area contributed by atoms with Crippen LogP contribution in [0.4, 0.5) is 5.69 Å². The monoisotopic (exact) mass is 393 g/mol. The number of pyridine rings is 1. The molecule has 2 aromatic rings. The number of rotatable bonds is 4. The predicted octanol–water partition coefficient (Wildman–Crippen LogP) is 2.49. The minimum atomic E-state index is -3.55. The van der Waals surface area contributed by atoms with Gasteiger partial charge in [0.1, 0.15) is 13.2 Å². The minimum absolute atomic E-state index is 0.0277. The van der Waals surface area contributed by atoms with Gasteiger partial charge in [0.2, 0.25) is 5.30 Å². The van der Waals surface area contributed by atoms with Crippen molar-refractivity contribution in [2.75, 3.05) is 20.3 Å². The number of carbonyl (C=O) groups excluding carboxylic acids is 1. The lowest BCUT2D eigenvalue weighted by Crippen LogP contribution is -2.24. The van der Waals surface area contributed by atoms with E-state index in [4.69, 9.17) is 13.8 Å². The molecule has 27 heavy (non-hydrogen) atoms. The zero-order chi connectivity index (χ0) is 19.8. The Morgan fingerprint density at radius 2 is 1.89 bits per heavy atom. The van der Waals surface area contributed by atoms with Gasteiger partial charge in [-0.1, -0.05) is 12.1 Å². The van der Waals surface area contributed by atoms with Gasteiger partial charge in [0, 0.05) is 6.07 Å². The van der Waals surface area contributed by atoms with Crippen LogP contribution in [0.15, 0.2) is 24.3 Å². The Bertz CT molecular complexity index is 926. The first-order chi connectivity index (χ1) is 12.8. The number of nitrogens with zero attached hydrogens (tertiary/aromatic N) is 2. The van der Waals surface area contributed by atoms with Crippen LogP contribution in [-0.2, 0) is 13.8 Å². The van der Waals surface area contributed by atoms with Gasteiger partial charge < -0.3 is 4.74 Å². The summed E-state index contributed by atoms with van der Waals surface area (Å²) in [6.07, 6.45) is 0. The van der Waals surface area contributed by atoms with Gasteiger partial charge in [-0.3, -0.25) is 15.1 Å². The number of carbonyl (C=O) groups is 1. The van der Waals surface area contributed by atoms with Crippen LogP contribution in [0, 0.1) is 24.0 Å². The SMILES string of the molecule is COC(=O)c1c(C)nc(C)c([P+]2(O)OCCO2)c1-c1ccccc1[N+](=O)[O-]. The van der Waals surface area contributed by atoms with Crippen LogP contribution in [0.3, 0.4) is 0 Å². The molecule has 0 spiro atoms. The normalized spacial score (nSPS) is 15.6. The summed E-state index contributed by atoms with van der Waals surface area (Å²) in [5.74, 6) is -0.722. The van der Waals surface area contributed by atoms with Crippen LogP contribution in [0.25, 0.3) is 11.1 Å². The van der Waals surface area contributed by atoms with E-state index >= 15 is 0 Å². The fourth-order valence-corrected chi connectivity index (χ4v) is 5.08. The second kappa shape index (κ2) is 7.28. The standard InChI is InChI=1S/C17H18N2O7P/c1-10-14(17(20)24-3)15(12-6-4-5-7-13(12)19(21)22)16(11(2)18-10)27(23)25-8-9-26-27/h4-7,23H,8-9H2,1-3H3/q+1. The molecule has 1 aromatic heterocycles. The lowest BCUT2D eigenvalue weighted by Gasteiger charge is -2.19. The van der Waals surface area contributed by atoms with Gasteiger partial charge in [-0.05, 0) is 19.9 Å². The zero-order valence-electron chi connectivity index (χ0n) is 15.0. The molecule has 1 aliphatic rings. The molecule has 0 aliphatic carbocycles. The molecule has 1 fully saturated rings. The summed E-state index contributed by atoms with van der Waals surface area (Å²) in [5.41, 5.74) is 0.795. The number of ether oxygens (including phenoxy) is 1. The summed E-state index contributed by atoms with van der Waals surface area (Å²) in [4.78, 5) is 38.9. The highest BCUT2D eigenvalue weighted by molar-refractivity contribution is 7.69. The predicted molar refractivity (Wildman–Crippen MR) is 97.8 cm³/mol. The fourth-order valence-electron chi connectivity index (χ4n) is 3.13. The number of hydrogen-bond acceptors (Lipinski definition) is 8. The first-order valence-corrected chi connectivity index (χ1v) is 9.62. The molecule has 0 bridgehead atoms. The number of hydrogen-bond donors (Lipinski definition) is 1. The molecule has 0 atom stereocenters. The van der Waals surface area contributed by atoms with Gasteiger partial charge >= 0.3 is 13.9 Å². The van der Waals surface area contributed by atoms with E-state index in [0.29, 0.717) is 11.4 Å². The van der Waals surface area contributed by atoms with Crippen molar-refractivity contribution in [3.05, 3.63) is 51.3 Å². The summed E-state index contributed by atoms with van der Waals surface area (Å²) in [6.45, 7) is 3.56. The van der Waals surface area contributed by atoms with Crippen molar-refractivity contribution in [1.29, 1.82) is 0 Å². The maximum absolute atomic E-state index is 12.5. The van der Waals surface area contributed by atoms with Gasteiger partial charge in [0.15, 0.2) is 0 Å². The minimum Gasteiger partial charge on any atom is -0.465 e. The first kappa shape index (κ1) is 19.3. The Hall–Kier alpha value is -2.45. The maximum Gasteiger partial charge on any atom is 0.448 e. The fraction of sp³-hybridized carbons (Fsp3) is 0.294. The maximum atomic E-state index is 12.5. The van der Waals surface area contributed by atoms with E-state index in [-0.39, 0.29) is 40.9 Å². The average Bonchev–Trinajstić information content (AvgIpc) is 3.07. The molecule has 1 aromatic carbocycles. The Kier molecular flexibility index (Phi) is 5.21. The molecular formula is C17H18N2O7P+. The van der Waals surface area contributed by atoms with E-state index in [1.165, 1.54) is 25.3 Å². The topological polar surface area (TPSA) is 121 Å². The molecule has 1 N–H and O–H groups in total. The van der Waals surface area contributed by atoms with E-state index < -0.39 is 18.8 Å². The smallest absolute Gasteiger partial charge is 0.448 e. The lowest BCUT2D eigenvalue weighted by atomic mass is 9.96. The van der Waals surface area contributed by atoms with Gasteiger partial charge in [-0.15, -0.1) is 0 Å². The zero-order valence-corrected chi connectivity index (χ0v) is 15.9. The number of aromatic nitrogens is 1. The highest BCUT2D eigenvalue weighted by atomic mass is 31.2. The van der Waals surface area contributed by atoms with Crippen LogP contribution in [-0.4, -0.2) is 41.1 Å². The molecule has 10 heteroatoms. The molecule has 1 saturated heterocycles. The third kappa shape index (κ3) is 3.30. The number of nitro groups is 1. The summed E-state index contributed by atoms with van der Waals surface area (Å²) in [7, 11) is -2.35. The van der Waals surface area contributed by atoms with Gasteiger partial charge in [0.25, 0.3) is 5.69 Å². The van der Waals surface area contributed by atoms with Crippen LogP contribution < -0.4 is 5.30 Å². The van der Waals surface area contributed by atoms with Crippen LogP contribution >= 0.6 is 7.94 Å². The summed E-state index contributed by atoms with van der Waals surface area (Å²) in [6, 6.07) is 5.96. The highest BCUT2D eigenvalue weighted by Gasteiger charge is 2.54. The number of nitro benzene ring substituents is 1. The first-order valence-electron chi connectivity index (χ1n) is 8.05. The van der Waals surface area contributed by atoms with E-state index in [1.807, 2.05) is 0 Å². The molecule has 1 aliphatic heterocycles. The highest BCUT2D eigenvalue weighted by Crippen LogP contribution is 2.61. The summed E-state index contributed by atoms with van der Waals surface area (Å²) < 4.78 is 15.8. The van der Waals surface area contributed by atoms with Crippen molar-refractivity contribution in [2.24, 2.45) is 0 Å². The van der Waals surface area contributed by atoms with Crippen LogP contribution in [0.1, 0.15) is 21.7 Å². The number of benzene rings is 1. The largest absolute Gasteiger partial charge is 0.465 e. The summed E-state index contributed by atoms with van der Waals surface area (Å²) >= 11 is 0. The number of aryl methyl sites for hydroxylation is 2. The Balaban J connectivity index is 2.47. The molecular weight excluding hydrogens is 375 g/mol. The number of esters is 1. The molecule has 0 unspecified atom stereocenters. The Morgan fingerprint density at radius 1 is 1.26 bits per heavy atom. The molecule has 142 valence electrons. The van der Waals surface area contributed by atoms with E-state index in [1.54, 1.807) is 19.9 Å². The molecule has 3 rings (SSSR count). The number of methoxy groups -OCH3 is 1. The van der Waals surface area contributed by atoms with Gasteiger partial charge in [-0.2, -0.15) is 13.9 Å². The van der Waals surface area contributed by atoms with Crippen LogP contribution in [0.2, 0.25) is 0 Å². The van der Waals surface area contributed by atoms with E-state index in [9.17, 15) is 19.8 Å². The van der Waals surface area contributed by atoms with Crippen molar-refractivity contribution in [3.63, 3.8) is 0 Å². The molecule has 2 heterocycles. The summed E-state index contributed by atoms with van der Waals surface area (Å²) in [5, 5.41) is 11.7. The van der Waals surface area contributed by atoms with Crippen molar-refractivity contribution < 1.29 is 28.4 Å². The lowest BCUT2D eigenvalue weighted by molar-refractivity contribution is -0.384. The van der Waals surface area contributed by atoms with Crippen LogP contribution in [0.5, 0.6) is 0 Å². The van der Waals surface area contributed by atoms with E-state index in [0.717, 1.165) is 0 Å². The van der Waals surface area contributed by atoms with Gasteiger partial charge in [0.05, 0.1) is 40.1 Å². The van der Waals surface area contributed by atoms with Crippen molar-refractivity contribution in [1.82, 2.24) is 4.98 Å². The van der Waals surface area contributed by atoms with E-state index in [2.05, 4.69) is 4.98 Å². The van der Waals surface area contributed by atoms with Crippen molar-refractivity contribution >= 4 is 24.9 Å². The molecule has 0 amide bonds. The third-order valence-corrected chi connectivity index (χ3v) is 6.36. The number of para-hydroxylation sites is 1. The van der Waals surface area contributed by atoms with Crippen molar-refractivity contribution in [2.45, 2.75) is 13.8 Å².